The molecule has 0 fully saturated rings. The Hall–Kier alpha value is -6.30. The van der Waals surface area contributed by atoms with Gasteiger partial charge in [0.25, 0.3) is 0 Å². The SMILES string of the molecule is N#Cc1cc(-n2c3ccccc3c3cc(-n4c5ccccc5c5ccc(C#N)cc54)ccc32)c2oc3ccccc3c2c1. The van der Waals surface area contributed by atoms with Crippen molar-refractivity contribution in [3.8, 4) is 23.5 Å². The van der Waals surface area contributed by atoms with Gasteiger partial charge in [0.05, 0.1) is 51.0 Å². The minimum atomic E-state index is 0.579. The van der Waals surface area contributed by atoms with Crippen LogP contribution in [0.3, 0.4) is 0 Å². The molecule has 5 nitrogen and oxygen atoms in total. The Morgan fingerprint density at radius 2 is 1.12 bits per heavy atom. The van der Waals surface area contributed by atoms with E-state index in [-0.39, 0.29) is 0 Å². The Morgan fingerprint density at radius 1 is 0.465 bits per heavy atom. The Labute approximate surface area is 245 Å². The van der Waals surface area contributed by atoms with E-state index in [1.54, 1.807) is 0 Å². The number of nitrogens with zero attached hydrogens (tertiary/aromatic N) is 4. The smallest absolute Gasteiger partial charge is 0.159 e. The molecule has 43 heavy (non-hydrogen) atoms. The third-order valence-corrected chi connectivity index (χ3v) is 8.55. The van der Waals surface area contributed by atoms with Gasteiger partial charge in [-0.05, 0) is 60.7 Å². The first-order valence-electron chi connectivity index (χ1n) is 14.1. The van der Waals surface area contributed by atoms with Gasteiger partial charge in [-0.1, -0.05) is 60.7 Å². The van der Waals surface area contributed by atoms with E-state index in [0.29, 0.717) is 11.1 Å². The van der Waals surface area contributed by atoms with E-state index in [1.807, 2.05) is 66.7 Å². The zero-order valence-electron chi connectivity index (χ0n) is 22.7. The van der Waals surface area contributed by atoms with Gasteiger partial charge < -0.3 is 13.6 Å². The molecule has 0 N–H and O–H groups in total. The van der Waals surface area contributed by atoms with Gasteiger partial charge in [-0.3, -0.25) is 0 Å². The predicted molar refractivity (Wildman–Crippen MR) is 172 cm³/mol. The second-order valence-electron chi connectivity index (χ2n) is 10.8. The van der Waals surface area contributed by atoms with Crippen LogP contribution in [0.2, 0.25) is 0 Å². The minimum Gasteiger partial charge on any atom is -0.454 e. The number of fused-ring (bicyclic) bond motifs is 9. The van der Waals surface area contributed by atoms with Gasteiger partial charge in [-0.2, -0.15) is 10.5 Å². The lowest BCUT2D eigenvalue weighted by Crippen LogP contribution is -1.97. The van der Waals surface area contributed by atoms with Crippen LogP contribution in [0.4, 0.5) is 0 Å². The van der Waals surface area contributed by atoms with Gasteiger partial charge in [-0.15, -0.1) is 0 Å². The molecule has 0 aliphatic carbocycles. The summed E-state index contributed by atoms with van der Waals surface area (Å²) in [4.78, 5) is 0. The molecule has 0 aliphatic heterocycles. The molecule has 0 saturated heterocycles. The highest BCUT2D eigenvalue weighted by Crippen LogP contribution is 2.40. The van der Waals surface area contributed by atoms with Crippen molar-refractivity contribution in [3.05, 3.63) is 132 Å². The summed E-state index contributed by atoms with van der Waals surface area (Å²) in [5, 5.41) is 26.0. The number of para-hydroxylation sites is 3. The number of hydrogen-bond donors (Lipinski definition) is 0. The number of hydrogen-bond acceptors (Lipinski definition) is 3. The lowest BCUT2D eigenvalue weighted by Gasteiger charge is -2.11. The van der Waals surface area contributed by atoms with Crippen molar-refractivity contribution in [2.24, 2.45) is 0 Å². The van der Waals surface area contributed by atoms with E-state index in [9.17, 15) is 10.5 Å². The van der Waals surface area contributed by atoms with Crippen molar-refractivity contribution < 1.29 is 4.42 Å². The molecule has 0 amide bonds. The number of rotatable bonds is 2. The van der Waals surface area contributed by atoms with Crippen LogP contribution in [0, 0.1) is 22.7 Å². The van der Waals surface area contributed by atoms with Crippen LogP contribution in [0.1, 0.15) is 11.1 Å². The standard InChI is InChI=1S/C38H20N4O/c39-21-23-13-15-28-26-7-1-4-10-32(26)41(35(28)18-23)25-14-16-34-30(20-25)27-8-2-5-11-33(27)42(34)36-19-24(22-40)17-31-29-9-3-6-12-37(29)43-38(31)36/h1-20H. The molecular weight excluding hydrogens is 528 g/mol. The fraction of sp³-hybridized carbons (Fsp3) is 0. The van der Waals surface area contributed by atoms with E-state index in [1.165, 1.54) is 0 Å². The van der Waals surface area contributed by atoms with Crippen LogP contribution in [0.5, 0.6) is 0 Å². The lowest BCUT2D eigenvalue weighted by atomic mass is 10.1. The van der Waals surface area contributed by atoms with E-state index in [2.05, 4.69) is 75.9 Å². The fourth-order valence-corrected chi connectivity index (χ4v) is 6.72. The van der Waals surface area contributed by atoms with E-state index < -0.39 is 0 Å². The average Bonchev–Trinajstić information content (AvgIpc) is 3.71. The molecular formula is C38H20N4O. The topological polar surface area (TPSA) is 70.6 Å². The third kappa shape index (κ3) is 3.19. The van der Waals surface area contributed by atoms with Crippen molar-refractivity contribution in [2.75, 3.05) is 0 Å². The minimum absolute atomic E-state index is 0.579. The first kappa shape index (κ1) is 23.4. The van der Waals surface area contributed by atoms with Gasteiger partial charge in [0, 0.05) is 38.0 Å². The number of benzene rings is 6. The molecule has 5 heteroatoms. The highest BCUT2D eigenvalue weighted by atomic mass is 16.3. The van der Waals surface area contributed by atoms with Gasteiger partial charge in [0.1, 0.15) is 5.58 Å². The molecule has 0 bridgehead atoms. The van der Waals surface area contributed by atoms with Crippen LogP contribution < -0.4 is 0 Å². The quantitative estimate of drug-likeness (QED) is 0.216. The third-order valence-electron chi connectivity index (χ3n) is 8.55. The zero-order valence-corrected chi connectivity index (χ0v) is 22.7. The Bertz CT molecular complexity index is 2710. The summed E-state index contributed by atoms with van der Waals surface area (Å²) in [6, 6.07) is 45.5. The summed E-state index contributed by atoms with van der Waals surface area (Å²) in [5.41, 5.74) is 8.71. The second kappa shape index (κ2) is 8.60. The summed E-state index contributed by atoms with van der Waals surface area (Å²) in [6.45, 7) is 0. The van der Waals surface area contributed by atoms with Gasteiger partial charge in [0.15, 0.2) is 5.58 Å². The Kier molecular flexibility index (Phi) is 4.68. The molecule has 0 aliphatic rings. The van der Waals surface area contributed by atoms with Gasteiger partial charge in [0.2, 0.25) is 0 Å². The number of aromatic nitrogens is 2. The summed E-state index contributed by atoms with van der Waals surface area (Å²) >= 11 is 0. The zero-order chi connectivity index (χ0) is 28.7. The molecule has 0 radical (unpaired) electrons. The van der Waals surface area contributed by atoms with Gasteiger partial charge in [-0.25, -0.2) is 0 Å². The summed E-state index contributed by atoms with van der Waals surface area (Å²) < 4.78 is 10.9. The lowest BCUT2D eigenvalue weighted by molar-refractivity contribution is 0.666. The first-order valence-corrected chi connectivity index (χ1v) is 14.1. The monoisotopic (exact) mass is 548 g/mol. The molecule has 3 heterocycles. The van der Waals surface area contributed by atoms with E-state index in [4.69, 9.17) is 4.42 Å². The molecule has 3 aromatic heterocycles. The summed E-state index contributed by atoms with van der Waals surface area (Å²) in [6.07, 6.45) is 0. The first-order chi connectivity index (χ1) is 21.2. The van der Waals surface area contributed by atoms with Crippen molar-refractivity contribution in [3.63, 3.8) is 0 Å². The maximum Gasteiger partial charge on any atom is 0.159 e. The number of furan rings is 1. The van der Waals surface area contributed by atoms with Crippen LogP contribution in [0.25, 0.3) is 76.9 Å². The van der Waals surface area contributed by atoms with Crippen molar-refractivity contribution >= 4 is 65.6 Å². The summed E-state index contributed by atoms with van der Waals surface area (Å²) in [7, 11) is 0. The number of nitriles is 2. The molecule has 0 unspecified atom stereocenters. The second-order valence-corrected chi connectivity index (χ2v) is 10.8. The van der Waals surface area contributed by atoms with Crippen LogP contribution in [-0.4, -0.2) is 9.13 Å². The van der Waals surface area contributed by atoms with Crippen LogP contribution in [-0.2, 0) is 0 Å². The molecule has 9 rings (SSSR count). The maximum absolute atomic E-state index is 9.99. The van der Waals surface area contributed by atoms with Crippen LogP contribution in [0.15, 0.2) is 126 Å². The van der Waals surface area contributed by atoms with Crippen LogP contribution >= 0.6 is 0 Å². The maximum atomic E-state index is 9.99. The Morgan fingerprint density at radius 3 is 1.91 bits per heavy atom. The molecule has 0 atom stereocenters. The van der Waals surface area contributed by atoms with Crippen molar-refractivity contribution in [2.45, 2.75) is 0 Å². The summed E-state index contributed by atoms with van der Waals surface area (Å²) in [5.74, 6) is 0. The predicted octanol–water partition coefficient (Wildman–Crippen LogP) is 9.52. The fourth-order valence-electron chi connectivity index (χ4n) is 6.72. The molecule has 198 valence electrons. The highest BCUT2D eigenvalue weighted by molar-refractivity contribution is 6.14. The largest absolute Gasteiger partial charge is 0.454 e. The molecule has 9 aromatic rings. The average molecular weight is 549 g/mol. The van der Waals surface area contributed by atoms with Gasteiger partial charge >= 0.3 is 0 Å². The highest BCUT2D eigenvalue weighted by Gasteiger charge is 2.20. The Balaban J connectivity index is 1.39. The van der Waals surface area contributed by atoms with E-state index in [0.717, 1.165) is 76.9 Å². The molecule has 0 spiro atoms. The van der Waals surface area contributed by atoms with Crippen molar-refractivity contribution in [1.29, 1.82) is 10.5 Å². The molecule has 0 saturated carbocycles. The van der Waals surface area contributed by atoms with Crippen molar-refractivity contribution in [1.82, 2.24) is 9.13 Å². The molecule has 6 aromatic carbocycles. The normalized spacial score (nSPS) is 11.7. The van der Waals surface area contributed by atoms with E-state index >= 15 is 0 Å².